The zero-order valence-electron chi connectivity index (χ0n) is 9.61. The van der Waals surface area contributed by atoms with E-state index in [-0.39, 0.29) is 0 Å². The maximum atomic E-state index is 9.21. The van der Waals surface area contributed by atoms with E-state index in [9.17, 15) is 5.26 Å². The third kappa shape index (κ3) is 2.11. The van der Waals surface area contributed by atoms with Crippen LogP contribution in [0.2, 0.25) is 0 Å². The Kier molecular flexibility index (Phi) is 3.33. The zero-order valence-corrected chi connectivity index (χ0v) is 9.61. The molecule has 0 saturated carbocycles. The van der Waals surface area contributed by atoms with Gasteiger partial charge in [-0.15, -0.1) is 0 Å². The second kappa shape index (κ2) is 4.33. The van der Waals surface area contributed by atoms with Crippen LogP contribution < -0.4 is 4.74 Å². The van der Waals surface area contributed by atoms with Gasteiger partial charge in [0.2, 0.25) is 0 Å². The Labute approximate surface area is 90.9 Å². The van der Waals surface area contributed by atoms with Crippen molar-refractivity contribution in [3.8, 4) is 11.8 Å². The first-order valence-corrected chi connectivity index (χ1v) is 4.78. The Bertz CT molecular complexity index is 364. The number of methoxy groups -OCH3 is 1. The molecule has 15 heavy (non-hydrogen) atoms. The minimum Gasteiger partial charge on any atom is -0.497 e. The van der Waals surface area contributed by atoms with Gasteiger partial charge in [0.05, 0.1) is 13.2 Å². The van der Waals surface area contributed by atoms with Crippen LogP contribution in [-0.2, 0) is 5.54 Å². The van der Waals surface area contributed by atoms with Gasteiger partial charge in [-0.25, -0.2) is 0 Å². The molecule has 0 radical (unpaired) electrons. The van der Waals surface area contributed by atoms with E-state index in [1.165, 1.54) is 0 Å². The molecule has 1 aromatic rings. The van der Waals surface area contributed by atoms with Crippen LogP contribution in [0.4, 0.5) is 0 Å². The van der Waals surface area contributed by atoms with Gasteiger partial charge >= 0.3 is 0 Å². The molecule has 1 aromatic carbocycles. The van der Waals surface area contributed by atoms with Crippen LogP contribution in [0.3, 0.4) is 0 Å². The van der Waals surface area contributed by atoms with Gasteiger partial charge in [-0.1, -0.05) is 12.1 Å². The standard InChI is InChI=1S/C12H16N2O/c1-12(9-13,14(2)3)10-5-7-11(15-4)8-6-10/h5-8H,1-4H3. The first-order chi connectivity index (χ1) is 7.04. The average molecular weight is 204 g/mol. The van der Waals surface area contributed by atoms with Crippen molar-refractivity contribution in [3.05, 3.63) is 29.8 Å². The van der Waals surface area contributed by atoms with Crippen molar-refractivity contribution in [2.45, 2.75) is 12.5 Å². The quantitative estimate of drug-likeness (QED) is 0.755. The van der Waals surface area contributed by atoms with E-state index < -0.39 is 5.54 Å². The van der Waals surface area contributed by atoms with E-state index >= 15 is 0 Å². The molecule has 3 nitrogen and oxygen atoms in total. The lowest BCUT2D eigenvalue weighted by Crippen LogP contribution is -2.36. The van der Waals surface area contributed by atoms with E-state index in [4.69, 9.17) is 4.74 Å². The van der Waals surface area contributed by atoms with Gasteiger partial charge in [-0.2, -0.15) is 5.26 Å². The van der Waals surface area contributed by atoms with Gasteiger partial charge in [0.1, 0.15) is 11.3 Å². The minimum absolute atomic E-state index is 0.591. The summed E-state index contributed by atoms with van der Waals surface area (Å²) < 4.78 is 5.08. The number of nitrogens with zero attached hydrogens (tertiary/aromatic N) is 2. The molecule has 0 saturated heterocycles. The molecule has 0 fully saturated rings. The highest BCUT2D eigenvalue weighted by molar-refractivity contribution is 5.35. The molecule has 1 unspecified atom stereocenters. The van der Waals surface area contributed by atoms with Gasteiger partial charge in [-0.05, 0) is 38.7 Å². The van der Waals surface area contributed by atoms with Crippen LogP contribution in [0.1, 0.15) is 12.5 Å². The lowest BCUT2D eigenvalue weighted by molar-refractivity contribution is 0.241. The molecule has 0 aliphatic rings. The fraction of sp³-hybridized carbons (Fsp3) is 0.417. The summed E-state index contributed by atoms with van der Waals surface area (Å²) in [5, 5.41) is 9.21. The van der Waals surface area contributed by atoms with Gasteiger partial charge in [0, 0.05) is 0 Å². The normalized spacial score (nSPS) is 14.4. The number of hydrogen-bond donors (Lipinski definition) is 0. The third-order valence-corrected chi connectivity index (χ3v) is 2.76. The van der Waals surface area contributed by atoms with E-state index in [0.717, 1.165) is 11.3 Å². The summed E-state index contributed by atoms with van der Waals surface area (Å²) in [4.78, 5) is 1.90. The zero-order chi connectivity index (χ0) is 11.5. The van der Waals surface area contributed by atoms with Crippen LogP contribution in [0.5, 0.6) is 5.75 Å². The number of nitriles is 1. The summed E-state index contributed by atoms with van der Waals surface area (Å²) in [5.41, 5.74) is 0.377. The SMILES string of the molecule is COc1ccc(C(C)(C#N)N(C)C)cc1. The first kappa shape index (κ1) is 11.5. The van der Waals surface area contributed by atoms with Gasteiger partial charge in [-0.3, -0.25) is 4.90 Å². The lowest BCUT2D eigenvalue weighted by atomic mass is 9.92. The minimum atomic E-state index is -0.591. The first-order valence-electron chi connectivity index (χ1n) is 4.78. The Hall–Kier alpha value is -1.53. The van der Waals surface area contributed by atoms with Gasteiger partial charge in [0.15, 0.2) is 0 Å². The molecule has 3 heteroatoms. The molecule has 0 bridgehead atoms. The van der Waals surface area contributed by atoms with Crippen LogP contribution in [0, 0.1) is 11.3 Å². The highest BCUT2D eigenvalue weighted by atomic mass is 16.5. The van der Waals surface area contributed by atoms with Crippen molar-refractivity contribution in [3.63, 3.8) is 0 Å². The Morgan fingerprint density at radius 1 is 1.27 bits per heavy atom. The van der Waals surface area contributed by atoms with Crippen LogP contribution >= 0.6 is 0 Å². The Morgan fingerprint density at radius 2 is 1.80 bits per heavy atom. The van der Waals surface area contributed by atoms with Crippen molar-refractivity contribution in [2.75, 3.05) is 21.2 Å². The predicted molar refractivity (Wildman–Crippen MR) is 59.6 cm³/mol. The summed E-state index contributed by atoms with van der Waals surface area (Å²) in [6.45, 7) is 1.90. The molecule has 1 rings (SSSR count). The van der Waals surface area contributed by atoms with Crippen LogP contribution in [-0.4, -0.2) is 26.1 Å². The summed E-state index contributed by atoms with van der Waals surface area (Å²) in [7, 11) is 5.42. The molecule has 0 heterocycles. The van der Waals surface area contributed by atoms with E-state index in [2.05, 4.69) is 6.07 Å². The van der Waals surface area contributed by atoms with Crippen molar-refractivity contribution in [2.24, 2.45) is 0 Å². The van der Waals surface area contributed by atoms with Gasteiger partial charge in [0.25, 0.3) is 0 Å². The molecular weight excluding hydrogens is 188 g/mol. The third-order valence-electron chi connectivity index (χ3n) is 2.76. The molecule has 0 spiro atoms. The number of rotatable bonds is 3. The summed E-state index contributed by atoms with van der Waals surface area (Å²) in [6.07, 6.45) is 0. The fourth-order valence-electron chi connectivity index (χ4n) is 1.34. The van der Waals surface area contributed by atoms with Crippen LogP contribution in [0.15, 0.2) is 24.3 Å². The molecule has 1 atom stereocenters. The van der Waals surface area contributed by atoms with E-state index in [0.29, 0.717) is 0 Å². The lowest BCUT2D eigenvalue weighted by Gasteiger charge is -2.29. The molecule has 0 aromatic heterocycles. The fourth-order valence-corrected chi connectivity index (χ4v) is 1.34. The van der Waals surface area contributed by atoms with Crippen molar-refractivity contribution >= 4 is 0 Å². The molecule has 0 N–H and O–H groups in total. The highest BCUT2D eigenvalue weighted by Crippen LogP contribution is 2.26. The van der Waals surface area contributed by atoms with Crippen molar-refractivity contribution < 1.29 is 4.74 Å². The number of ether oxygens (including phenoxy) is 1. The topological polar surface area (TPSA) is 36.3 Å². The molecular formula is C12H16N2O. The maximum Gasteiger partial charge on any atom is 0.131 e. The Balaban J connectivity index is 3.10. The second-order valence-electron chi connectivity index (χ2n) is 3.81. The molecule has 0 aliphatic carbocycles. The van der Waals surface area contributed by atoms with E-state index in [1.54, 1.807) is 7.11 Å². The summed E-state index contributed by atoms with van der Waals surface area (Å²) in [6, 6.07) is 9.89. The highest BCUT2D eigenvalue weighted by Gasteiger charge is 2.28. The maximum absolute atomic E-state index is 9.21. The smallest absolute Gasteiger partial charge is 0.131 e. The predicted octanol–water partition coefficient (Wildman–Crippen LogP) is 2.00. The van der Waals surface area contributed by atoms with Crippen molar-refractivity contribution in [1.82, 2.24) is 4.90 Å². The summed E-state index contributed by atoms with van der Waals surface area (Å²) >= 11 is 0. The average Bonchev–Trinajstić information content (AvgIpc) is 2.28. The monoisotopic (exact) mass is 204 g/mol. The number of benzene rings is 1. The Morgan fingerprint density at radius 3 is 2.13 bits per heavy atom. The van der Waals surface area contributed by atoms with Gasteiger partial charge < -0.3 is 4.74 Å². The van der Waals surface area contributed by atoms with Crippen molar-refractivity contribution in [1.29, 1.82) is 5.26 Å². The largest absolute Gasteiger partial charge is 0.497 e. The molecule has 80 valence electrons. The van der Waals surface area contributed by atoms with Crippen LogP contribution in [0.25, 0.3) is 0 Å². The number of hydrogen-bond acceptors (Lipinski definition) is 3. The molecule has 0 amide bonds. The van der Waals surface area contributed by atoms with E-state index in [1.807, 2.05) is 50.2 Å². The second-order valence-corrected chi connectivity index (χ2v) is 3.81. The molecule has 0 aliphatic heterocycles. The summed E-state index contributed by atoms with van der Waals surface area (Å²) in [5.74, 6) is 0.804.